The monoisotopic (exact) mass is 299 g/mol. The average molecular weight is 300 g/mol. The number of nitrogens with one attached hydrogen (secondary N) is 2. The molecule has 1 aromatic carbocycles. The molecule has 0 radical (unpaired) electrons. The standard InChI is InChI=1S/C12H12ClF2N5/c1-2-16-11-18-10(13)19-12(20-11)17-6-7-5-8(14)3-4-9(7)15/h3-5H,2,6H2,1H3,(H2,16,17,18,19,20). The van der Waals surface area contributed by atoms with Crippen LogP contribution in [0.2, 0.25) is 5.28 Å². The van der Waals surface area contributed by atoms with Crippen LogP contribution >= 0.6 is 11.6 Å². The number of hydrogen-bond donors (Lipinski definition) is 2. The number of anilines is 2. The first-order valence-electron chi connectivity index (χ1n) is 5.91. The van der Waals surface area contributed by atoms with Gasteiger partial charge in [-0.1, -0.05) is 0 Å². The van der Waals surface area contributed by atoms with Gasteiger partial charge >= 0.3 is 0 Å². The summed E-state index contributed by atoms with van der Waals surface area (Å²) in [6.45, 7) is 2.54. The maximum absolute atomic E-state index is 13.5. The zero-order valence-electron chi connectivity index (χ0n) is 10.6. The molecule has 2 aromatic rings. The third kappa shape index (κ3) is 3.74. The Morgan fingerprint density at radius 2 is 1.80 bits per heavy atom. The molecule has 0 spiro atoms. The molecule has 1 heterocycles. The molecule has 0 unspecified atom stereocenters. The number of aromatic nitrogens is 3. The lowest BCUT2D eigenvalue weighted by Gasteiger charge is -2.08. The van der Waals surface area contributed by atoms with Crippen LogP contribution in [0, 0.1) is 11.6 Å². The highest BCUT2D eigenvalue weighted by Crippen LogP contribution is 2.13. The zero-order chi connectivity index (χ0) is 14.5. The highest BCUT2D eigenvalue weighted by atomic mass is 35.5. The number of rotatable bonds is 5. The first-order chi connectivity index (χ1) is 9.58. The van der Waals surface area contributed by atoms with Crippen molar-refractivity contribution in [1.29, 1.82) is 0 Å². The van der Waals surface area contributed by atoms with Crippen LogP contribution in [0.15, 0.2) is 18.2 Å². The summed E-state index contributed by atoms with van der Waals surface area (Å²) in [4.78, 5) is 11.8. The van der Waals surface area contributed by atoms with Gasteiger partial charge in [-0.3, -0.25) is 0 Å². The predicted molar refractivity (Wildman–Crippen MR) is 72.7 cm³/mol. The van der Waals surface area contributed by atoms with Crippen molar-refractivity contribution in [3.63, 3.8) is 0 Å². The van der Waals surface area contributed by atoms with E-state index in [1.54, 1.807) is 0 Å². The van der Waals surface area contributed by atoms with E-state index < -0.39 is 11.6 Å². The van der Waals surface area contributed by atoms with Crippen LogP contribution in [0.5, 0.6) is 0 Å². The van der Waals surface area contributed by atoms with Gasteiger partial charge < -0.3 is 10.6 Å². The molecule has 0 fully saturated rings. The summed E-state index contributed by atoms with van der Waals surface area (Å²) in [5.74, 6) is -0.518. The average Bonchev–Trinajstić information content (AvgIpc) is 2.40. The van der Waals surface area contributed by atoms with Gasteiger partial charge in [0, 0.05) is 18.7 Å². The van der Waals surface area contributed by atoms with Gasteiger partial charge in [-0.2, -0.15) is 15.0 Å². The molecule has 0 saturated carbocycles. The molecule has 0 aliphatic heterocycles. The largest absolute Gasteiger partial charge is 0.354 e. The van der Waals surface area contributed by atoms with Crippen molar-refractivity contribution in [2.75, 3.05) is 17.2 Å². The lowest BCUT2D eigenvalue weighted by molar-refractivity contribution is 0.587. The van der Waals surface area contributed by atoms with Crippen LogP contribution in [0.3, 0.4) is 0 Å². The van der Waals surface area contributed by atoms with E-state index in [4.69, 9.17) is 11.6 Å². The third-order valence-electron chi connectivity index (χ3n) is 2.39. The minimum Gasteiger partial charge on any atom is -0.354 e. The molecule has 106 valence electrons. The fraction of sp³-hybridized carbons (Fsp3) is 0.250. The Kier molecular flexibility index (Phi) is 4.62. The van der Waals surface area contributed by atoms with Gasteiger partial charge in [-0.05, 0) is 36.7 Å². The van der Waals surface area contributed by atoms with Crippen LogP contribution in [-0.2, 0) is 6.54 Å². The van der Waals surface area contributed by atoms with Crippen molar-refractivity contribution in [1.82, 2.24) is 15.0 Å². The highest BCUT2D eigenvalue weighted by Gasteiger charge is 2.07. The normalized spacial score (nSPS) is 10.4. The van der Waals surface area contributed by atoms with Crippen LogP contribution in [0.25, 0.3) is 0 Å². The second-order valence-electron chi connectivity index (χ2n) is 3.87. The van der Waals surface area contributed by atoms with Gasteiger partial charge in [-0.15, -0.1) is 0 Å². The fourth-order valence-electron chi connectivity index (χ4n) is 1.52. The molecule has 0 saturated heterocycles. The topological polar surface area (TPSA) is 62.7 Å². The summed E-state index contributed by atoms with van der Waals surface area (Å²) < 4.78 is 26.5. The minimum atomic E-state index is -0.509. The lowest BCUT2D eigenvalue weighted by Crippen LogP contribution is -2.09. The summed E-state index contributed by atoms with van der Waals surface area (Å²) >= 11 is 5.75. The summed E-state index contributed by atoms with van der Waals surface area (Å²) in [5.41, 5.74) is 0.173. The van der Waals surface area contributed by atoms with E-state index in [2.05, 4.69) is 25.6 Å². The predicted octanol–water partition coefficient (Wildman–Crippen LogP) is 2.85. The van der Waals surface area contributed by atoms with Gasteiger partial charge in [0.2, 0.25) is 17.2 Å². The van der Waals surface area contributed by atoms with E-state index in [0.29, 0.717) is 12.5 Å². The summed E-state index contributed by atoms with van der Waals surface area (Å²) in [6.07, 6.45) is 0. The molecule has 0 atom stereocenters. The Morgan fingerprint density at radius 3 is 2.50 bits per heavy atom. The van der Waals surface area contributed by atoms with Gasteiger partial charge in [0.25, 0.3) is 0 Å². The van der Waals surface area contributed by atoms with E-state index >= 15 is 0 Å². The van der Waals surface area contributed by atoms with Crippen molar-refractivity contribution in [3.8, 4) is 0 Å². The molecule has 2 N–H and O–H groups in total. The summed E-state index contributed by atoms with van der Waals surface area (Å²) in [5, 5.41) is 5.67. The Labute approximate surface area is 119 Å². The SMILES string of the molecule is CCNc1nc(Cl)nc(NCc2cc(F)ccc2F)n1. The molecule has 5 nitrogen and oxygen atoms in total. The molecular formula is C12H12ClF2N5. The van der Waals surface area contributed by atoms with Crippen LogP contribution in [0.4, 0.5) is 20.7 Å². The van der Waals surface area contributed by atoms with E-state index in [9.17, 15) is 8.78 Å². The second kappa shape index (κ2) is 6.42. The smallest absolute Gasteiger partial charge is 0.229 e. The summed E-state index contributed by atoms with van der Waals surface area (Å²) in [7, 11) is 0. The zero-order valence-corrected chi connectivity index (χ0v) is 11.4. The molecular weight excluding hydrogens is 288 g/mol. The quantitative estimate of drug-likeness (QED) is 0.889. The second-order valence-corrected chi connectivity index (χ2v) is 4.21. The number of nitrogens with zero attached hydrogens (tertiary/aromatic N) is 3. The Hall–Kier alpha value is -2.02. The molecule has 2 rings (SSSR count). The van der Waals surface area contributed by atoms with Gasteiger partial charge in [0.05, 0.1) is 0 Å². The Balaban J connectivity index is 2.12. The Morgan fingerprint density at radius 1 is 1.10 bits per heavy atom. The van der Waals surface area contributed by atoms with Crippen molar-refractivity contribution in [2.24, 2.45) is 0 Å². The number of benzene rings is 1. The molecule has 0 aliphatic carbocycles. The van der Waals surface area contributed by atoms with Crippen molar-refractivity contribution in [3.05, 3.63) is 40.7 Å². The van der Waals surface area contributed by atoms with Gasteiger partial charge in [-0.25, -0.2) is 8.78 Å². The molecule has 20 heavy (non-hydrogen) atoms. The summed E-state index contributed by atoms with van der Waals surface area (Å²) in [6, 6.07) is 3.23. The van der Waals surface area contributed by atoms with E-state index in [1.165, 1.54) is 0 Å². The Bertz CT molecular complexity index is 608. The van der Waals surface area contributed by atoms with E-state index in [-0.39, 0.29) is 23.3 Å². The molecule has 0 aliphatic rings. The van der Waals surface area contributed by atoms with Gasteiger partial charge in [0.15, 0.2) is 0 Å². The molecule has 1 aromatic heterocycles. The highest BCUT2D eigenvalue weighted by molar-refractivity contribution is 6.28. The fourth-order valence-corrected chi connectivity index (χ4v) is 1.68. The van der Waals surface area contributed by atoms with Crippen molar-refractivity contribution in [2.45, 2.75) is 13.5 Å². The van der Waals surface area contributed by atoms with Crippen molar-refractivity contribution < 1.29 is 8.78 Å². The maximum atomic E-state index is 13.5. The van der Waals surface area contributed by atoms with E-state index in [1.807, 2.05) is 6.92 Å². The molecule has 0 amide bonds. The third-order valence-corrected chi connectivity index (χ3v) is 2.56. The molecule has 0 bridgehead atoms. The van der Waals surface area contributed by atoms with E-state index in [0.717, 1.165) is 18.2 Å². The maximum Gasteiger partial charge on any atom is 0.229 e. The van der Waals surface area contributed by atoms with Crippen LogP contribution in [-0.4, -0.2) is 21.5 Å². The van der Waals surface area contributed by atoms with Crippen LogP contribution in [0.1, 0.15) is 12.5 Å². The molecule has 8 heteroatoms. The first-order valence-corrected chi connectivity index (χ1v) is 6.29. The minimum absolute atomic E-state index is 0.0122. The van der Waals surface area contributed by atoms with Crippen LogP contribution < -0.4 is 10.6 Å². The lowest BCUT2D eigenvalue weighted by atomic mass is 10.2. The number of hydrogen-bond acceptors (Lipinski definition) is 5. The first kappa shape index (κ1) is 14.4. The van der Waals surface area contributed by atoms with Gasteiger partial charge in [0.1, 0.15) is 11.6 Å². The number of halogens is 3. The van der Waals surface area contributed by atoms with Crippen molar-refractivity contribution >= 4 is 23.5 Å².